The summed E-state index contributed by atoms with van der Waals surface area (Å²) >= 11 is 0. The van der Waals surface area contributed by atoms with Gasteiger partial charge in [-0.3, -0.25) is 0 Å². The van der Waals surface area contributed by atoms with Crippen molar-refractivity contribution in [1.29, 1.82) is 0 Å². The Kier molecular flexibility index (Phi) is 1.66. The van der Waals surface area contributed by atoms with Gasteiger partial charge in [0.15, 0.2) is 0 Å². The van der Waals surface area contributed by atoms with Crippen LogP contribution in [0.2, 0.25) is 0 Å². The summed E-state index contributed by atoms with van der Waals surface area (Å²) in [4.78, 5) is 0. The van der Waals surface area contributed by atoms with Crippen LogP contribution in [0.3, 0.4) is 0 Å². The second-order valence-corrected chi connectivity index (χ2v) is 3.15. The molecule has 0 amide bonds. The Morgan fingerprint density at radius 3 is 2.55 bits per heavy atom. The number of epoxide rings is 1. The molecule has 1 aliphatic heterocycles. The lowest BCUT2D eigenvalue weighted by atomic mass is 10.1. The van der Waals surface area contributed by atoms with Gasteiger partial charge < -0.3 is 4.74 Å². The number of hydrogen-bond acceptors (Lipinski definition) is 1. The molecule has 1 heterocycles. The van der Waals surface area contributed by atoms with E-state index in [1.54, 1.807) is 0 Å². The standard InChI is InChI=1S/C10H12O/c1-8-2-4-9(5-3-8)6-10-7-11-10/h2-5,10H,6-7H2,1H3/t10-/m1/s1. The first-order valence-electron chi connectivity index (χ1n) is 4.02. The molecule has 1 saturated heterocycles. The number of hydrogen-bond donors (Lipinski definition) is 0. The van der Waals surface area contributed by atoms with Crippen molar-refractivity contribution in [3.8, 4) is 0 Å². The summed E-state index contributed by atoms with van der Waals surface area (Å²) < 4.78 is 5.14. The Bertz CT molecular complexity index is 234. The van der Waals surface area contributed by atoms with Gasteiger partial charge in [0.2, 0.25) is 0 Å². The number of benzene rings is 1. The number of aryl methyl sites for hydroxylation is 1. The van der Waals surface area contributed by atoms with E-state index in [0.717, 1.165) is 13.0 Å². The van der Waals surface area contributed by atoms with Crippen molar-refractivity contribution >= 4 is 0 Å². The zero-order valence-corrected chi connectivity index (χ0v) is 6.71. The van der Waals surface area contributed by atoms with Crippen LogP contribution in [0.5, 0.6) is 0 Å². The van der Waals surface area contributed by atoms with Crippen LogP contribution in [0, 0.1) is 6.92 Å². The molecular weight excluding hydrogens is 136 g/mol. The second-order valence-electron chi connectivity index (χ2n) is 3.15. The van der Waals surface area contributed by atoms with E-state index in [-0.39, 0.29) is 0 Å². The quantitative estimate of drug-likeness (QED) is 0.584. The smallest absolute Gasteiger partial charge is 0.0850 e. The molecule has 0 spiro atoms. The normalized spacial score (nSPS) is 21.7. The van der Waals surface area contributed by atoms with Crippen LogP contribution in [0.1, 0.15) is 11.1 Å². The van der Waals surface area contributed by atoms with Gasteiger partial charge in [-0.25, -0.2) is 0 Å². The molecule has 1 aromatic rings. The van der Waals surface area contributed by atoms with E-state index in [9.17, 15) is 0 Å². The summed E-state index contributed by atoms with van der Waals surface area (Å²) in [6.07, 6.45) is 1.60. The predicted molar refractivity (Wildman–Crippen MR) is 44.6 cm³/mol. The van der Waals surface area contributed by atoms with Crippen molar-refractivity contribution < 1.29 is 4.74 Å². The first-order chi connectivity index (χ1) is 5.34. The lowest BCUT2D eigenvalue weighted by Gasteiger charge is -1.97. The van der Waals surface area contributed by atoms with Crippen LogP contribution >= 0.6 is 0 Å². The monoisotopic (exact) mass is 148 g/mol. The van der Waals surface area contributed by atoms with Crippen LogP contribution < -0.4 is 0 Å². The molecule has 11 heavy (non-hydrogen) atoms. The maximum absolute atomic E-state index is 5.14. The number of ether oxygens (including phenoxy) is 1. The molecule has 0 aliphatic carbocycles. The maximum Gasteiger partial charge on any atom is 0.0850 e. The molecule has 58 valence electrons. The Morgan fingerprint density at radius 2 is 2.00 bits per heavy atom. The zero-order chi connectivity index (χ0) is 7.68. The van der Waals surface area contributed by atoms with Gasteiger partial charge in [-0.2, -0.15) is 0 Å². The summed E-state index contributed by atoms with van der Waals surface area (Å²) in [6, 6.07) is 8.66. The average molecular weight is 148 g/mol. The highest BCUT2D eigenvalue weighted by molar-refractivity contribution is 5.22. The van der Waals surface area contributed by atoms with E-state index >= 15 is 0 Å². The van der Waals surface area contributed by atoms with Crippen LogP contribution in [0.15, 0.2) is 24.3 Å². The summed E-state index contributed by atoms with van der Waals surface area (Å²) in [5.41, 5.74) is 2.71. The van der Waals surface area contributed by atoms with Gasteiger partial charge in [-0.1, -0.05) is 29.8 Å². The van der Waals surface area contributed by atoms with Crippen molar-refractivity contribution in [2.75, 3.05) is 6.61 Å². The highest BCUT2D eigenvalue weighted by atomic mass is 16.6. The lowest BCUT2D eigenvalue weighted by Crippen LogP contribution is -1.91. The SMILES string of the molecule is Cc1ccc(C[C@@H]2CO2)cc1. The molecule has 0 unspecified atom stereocenters. The highest BCUT2D eigenvalue weighted by Gasteiger charge is 2.22. The van der Waals surface area contributed by atoms with Crippen LogP contribution in [0.25, 0.3) is 0 Å². The largest absolute Gasteiger partial charge is 0.373 e. The van der Waals surface area contributed by atoms with E-state index in [1.165, 1.54) is 11.1 Å². The Labute approximate surface area is 67.0 Å². The minimum Gasteiger partial charge on any atom is -0.373 e. The molecule has 1 aliphatic rings. The van der Waals surface area contributed by atoms with Crippen LogP contribution in [-0.2, 0) is 11.2 Å². The summed E-state index contributed by atoms with van der Waals surface area (Å²) in [6.45, 7) is 3.06. The minimum atomic E-state index is 0.512. The molecule has 0 aromatic heterocycles. The third-order valence-corrected chi connectivity index (χ3v) is 1.99. The maximum atomic E-state index is 5.14. The first kappa shape index (κ1) is 6.86. The van der Waals surface area contributed by atoms with E-state index in [1.807, 2.05) is 0 Å². The van der Waals surface area contributed by atoms with E-state index in [4.69, 9.17) is 4.74 Å². The third kappa shape index (κ3) is 1.81. The fourth-order valence-electron chi connectivity index (χ4n) is 1.17. The topological polar surface area (TPSA) is 12.5 Å². The van der Waals surface area contributed by atoms with Crippen LogP contribution in [0.4, 0.5) is 0 Å². The van der Waals surface area contributed by atoms with Gasteiger partial charge in [0.05, 0.1) is 12.7 Å². The lowest BCUT2D eigenvalue weighted by molar-refractivity contribution is 0.407. The van der Waals surface area contributed by atoms with E-state index in [0.29, 0.717) is 6.10 Å². The summed E-state index contributed by atoms with van der Waals surface area (Å²) in [7, 11) is 0. The predicted octanol–water partition coefficient (Wildman–Crippen LogP) is 1.94. The molecule has 0 N–H and O–H groups in total. The Morgan fingerprint density at radius 1 is 1.36 bits per heavy atom. The molecule has 2 rings (SSSR count). The van der Waals surface area contributed by atoms with Crippen LogP contribution in [-0.4, -0.2) is 12.7 Å². The molecule has 0 radical (unpaired) electrons. The average Bonchev–Trinajstić information content (AvgIpc) is 2.78. The van der Waals surface area contributed by atoms with Crippen molar-refractivity contribution in [2.24, 2.45) is 0 Å². The first-order valence-corrected chi connectivity index (χ1v) is 4.02. The van der Waals surface area contributed by atoms with Gasteiger partial charge >= 0.3 is 0 Å². The van der Waals surface area contributed by atoms with Gasteiger partial charge in [0.1, 0.15) is 0 Å². The summed E-state index contributed by atoms with van der Waals surface area (Å²) in [5, 5.41) is 0. The molecule has 0 bridgehead atoms. The van der Waals surface area contributed by atoms with Crippen molar-refractivity contribution in [2.45, 2.75) is 19.4 Å². The fourth-order valence-corrected chi connectivity index (χ4v) is 1.17. The number of rotatable bonds is 2. The molecule has 1 nitrogen and oxygen atoms in total. The highest BCUT2D eigenvalue weighted by Crippen LogP contribution is 2.16. The van der Waals surface area contributed by atoms with E-state index < -0.39 is 0 Å². The van der Waals surface area contributed by atoms with Crippen molar-refractivity contribution in [3.05, 3.63) is 35.4 Å². The molecule has 1 aromatic carbocycles. The van der Waals surface area contributed by atoms with Crippen molar-refractivity contribution in [3.63, 3.8) is 0 Å². The molecule has 0 saturated carbocycles. The second kappa shape index (κ2) is 2.67. The van der Waals surface area contributed by atoms with Gasteiger partial charge in [-0.05, 0) is 12.5 Å². The van der Waals surface area contributed by atoms with Crippen molar-refractivity contribution in [1.82, 2.24) is 0 Å². The third-order valence-electron chi connectivity index (χ3n) is 1.99. The van der Waals surface area contributed by atoms with Gasteiger partial charge in [-0.15, -0.1) is 0 Å². The fraction of sp³-hybridized carbons (Fsp3) is 0.400. The molecule has 1 atom stereocenters. The Hall–Kier alpha value is -0.820. The molecule has 1 fully saturated rings. The summed E-state index contributed by atoms with van der Waals surface area (Å²) in [5.74, 6) is 0. The Balaban J connectivity index is 2.06. The zero-order valence-electron chi connectivity index (χ0n) is 6.71. The van der Waals surface area contributed by atoms with Gasteiger partial charge in [0.25, 0.3) is 0 Å². The van der Waals surface area contributed by atoms with E-state index in [2.05, 4.69) is 31.2 Å². The minimum absolute atomic E-state index is 0.512. The van der Waals surface area contributed by atoms with Gasteiger partial charge in [0, 0.05) is 6.42 Å². The molecular formula is C10H12O. The molecule has 1 heteroatoms.